The fraction of sp³-hybridized carbons (Fsp3) is 0.500. The summed E-state index contributed by atoms with van der Waals surface area (Å²) in [5.41, 5.74) is 2.03. The maximum absolute atomic E-state index is 11.5. The number of nitrogens with one attached hydrogen (secondary N) is 2. The van der Waals surface area contributed by atoms with Crippen molar-refractivity contribution in [3.05, 3.63) is 29.8 Å². The van der Waals surface area contributed by atoms with Crippen LogP contribution in [0.3, 0.4) is 0 Å². The van der Waals surface area contributed by atoms with Crippen molar-refractivity contribution < 1.29 is 4.79 Å². The Kier molecular flexibility index (Phi) is 6.05. The van der Waals surface area contributed by atoms with Gasteiger partial charge in [0.15, 0.2) is 0 Å². The standard InChI is InChI=1S/C16H23N3O/c1-16(2,9-6-10-17)12-19-14-8-5-4-7-13(14)11-15(20)18-3/h4-5,7-8,19H,6,9,11-12H2,1-3H3,(H,18,20). The molecule has 0 aromatic heterocycles. The van der Waals surface area contributed by atoms with Crippen molar-refractivity contribution in [3.63, 3.8) is 0 Å². The molecule has 0 heterocycles. The molecular weight excluding hydrogens is 250 g/mol. The molecule has 0 spiro atoms. The van der Waals surface area contributed by atoms with Crippen LogP contribution in [0.15, 0.2) is 24.3 Å². The zero-order chi connectivity index (χ0) is 15.0. The Morgan fingerprint density at radius 3 is 2.70 bits per heavy atom. The topological polar surface area (TPSA) is 64.9 Å². The van der Waals surface area contributed by atoms with Crippen LogP contribution in [0, 0.1) is 16.7 Å². The average molecular weight is 273 g/mol. The number of anilines is 1. The molecule has 1 amide bonds. The Balaban J connectivity index is 2.68. The molecule has 0 fully saturated rings. The van der Waals surface area contributed by atoms with Gasteiger partial charge in [0, 0.05) is 25.7 Å². The van der Waals surface area contributed by atoms with E-state index >= 15 is 0 Å². The van der Waals surface area contributed by atoms with Crippen molar-refractivity contribution in [1.82, 2.24) is 5.32 Å². The number of likely N-dealkylation sites (N-methyl/N-ethyl adjacent to an activating group) is 1. The molecule has 0 aliphatic rings. The first-order valence-electron chi connectivity index (χ1n) is 6.88. The molecular formula is C16H23N3O. The molecule has 4 heteroatoms. The number of hydrogen-bond donors (Lipinski definition) is 2. The molecule has 4 nitrogen and oxygen atoms in total. The predicted octanol–water partition coefficient (Wildman–Crippen LogP) is 2.72. The molecule has 1 aromatic carbocycles. The number of nitriles is 1. The van der Waals surface area contributed by atoms with E-state index in [2.05, 4.69) is 30.6 Å². The van der Waals surface area contributed by atoms with Crippen LogP contribution in [0.1, 0.15) is 32.3 Å². The van der Waals surface area contributed by atoms with E-state index in [1.807, 2.05) is 24.3 Å². The van der Waals surface area contributed by atoms with E-state index in [0.717, 1.165) is 24.2 Å². The fourth-order valence-corrected chi connectivity index (χ4v) is 1.93. The lowest BCUT2D eigenvalue weighted by Gasteiger charge is -2.25. The first-order chi connectivity index (χ1) is 9.48. The predicted molar refractivity (Wildman–Crippen MR) is 81.3 cm³/mol. The van der Waals surface area contributed by atoms with Gasteiger partial charge in [0.1, 0.15) is 0 Å². The molecule has 2 N–H and O–H groups in total. The van der Waals surface area contributed by atoms with Crippen LogP contribution < -0.4 is 10.6 Å². The first-order valence-corrected chi connectivity index (χ1v) is 6.88. The summed E-state index contributed by atoms with van der Waals surface area (Å²) in [5, 5.41) is 14.7. The van der Waals surface area contributed by atoms with Crippen LogP contribution in [-0.2, 0) is 11.2 Å². The quantitative estimate of drug-likeness (QED) is 0.802. The average Bonchev–Trinajstić information content (AvgIpc) is 2.44. The van der Waals surface area contributed by atoms with E-state index in [0.29, 0.717) is 12.8 Å². The van der Waals surface area contributed by atoms with E-state index in [-0.39, 0.29) is 11.3 Å². The summed E-state index contributed by atoms with van der Waals surface area (Å²) in [6, 6.07) is 10.0. The molecule has 1 aromatic rings. The van der Waals surface area contributed by atoms with Crippen LogP contribution in [0.4, 0.5) is 5.69 Å². The third-order valence-corrected chi connectivity index (χ3v) is 3.32. The van der Waals surface area contributed by atoms with Gasteiger partial charge < -0.3 is 10.6 Å². The second kappa shape index (κ2) is 7.54. The largest absolute Gasteiger partial charge is 0.384 e. The molecule has 0 atom stereocenters. The van der Waals surface area contributed by atoms with E-state index < -0.39 is 0 Å². The summed E-state index contributed by atoms with van der Waals surface area (Å²) in [7, 11) is 1.64. The van der Waals surface area contributed by atoms with Gasteiger partial charge >= 0.3 is 0 Å². The Bertz CT molecular complexity index is 489. The lowest BCUT2D eigenvalue weighted by molar-refractivity contribution is -0.119. The third-order valence-electron chi connectivity index (χ3n) is 3.32. The van der Waals surface area contributed by atoms with E-state index in [4.69, 9.17) is 5.26 Å². The molecule has 0 bridgehead atoms. The summed E-state index contributed by atoms with van der Waals surface area (Å²) >= 11 is 0. The Labute approximate surface area is 121 Å². The van der Waals surface area contributed by atoms with Crippen molar-refractivity contribution in [2.24, 2.45) is 5.41 Å². The molecule has 0 aliphatic carbocycles. The van der Waals surface area contributed by atoms with Gasteiger partial charge in [0.05, 0.1) is 12.5 Å². The Morgan fingerprint density at radius 2 is 2.05 bits per heavy atom. The second-order valence-corrected chi connectivity index (χ2v) is 5.68. The lowest BCUT2D eigenvalue weighted by atomic mass is 9.88. The maximum atomic E-state index is 11.5. The highest BCUT2D eigenvalue weighted by molar-refractivity contribution is 5.80. The zero-order valence-corrected chi connectivity index (χ0v) is 12.5. The summed E-state index contributed by atoms with van der Waals surface area (Å²) in [6.07, 6.45) is 1.79. The van der Waals surface area contributed by atoms with Crippen LogP contribution in [-0.4, -0.2) is 19.5 Å². The smallest absolute Gasteiger partial charge is 0.224 e. The number of nitrogens with zero attached hydrogens (tertiary/aromatic N) is 1. The normalized spacial score (nSPS) is 10.7. The van der Waals surface area contributed by atoms with Gasteiger partial charge in [-0.15, -0.1) is 0 Å². The molecule has 0 aliphatic heterocycles. The Hall–Kier alpha value is -2.02. The molecule has 1 rings (SSSR count). The van der Waals surface area contributed by atoms with Gasteiger partial charge in [0.2, 0.25) is 5.91 Å². The minimum absolute atomic E-state index is 0.00277. The molecule has 0 unspecified atom stereocenters. The van der Waals surface area contributed by atoms with Crippen LogP contribution in [0.2, 0.25) is 0 Å². The van der Waals surface area contributed by atoms with Gasteiger partial charge in [-0.05, 0) is 23.5 Å². The zero-order valence-electron chi connectivity index (χ0n) is 12.5. The highest BCUT2D eigenvalue weighted by atomic mass is 16.1. The van der Waals surface area contributed by atoms with E-state index in [1.165, 1.54) is 0 Å². The summed E-state index contributed by atoms with van der Waals surface area (Å²) in [4.78, 5) is 11.5. The van der Waals surface area contributed by atoms with Crippen LogP contribution >= 0.6 is 0 Å². The molecule has 0 radical (unpaired) electrons. The fourth-order valence-electron chi connectivity index (χ4n) is 1.93. The number of hydrogen-bond acceptors (Lipinski definition) is 3. The summed E-state index contributed by atoms with van der Waals surface area (Å²) in [5.74, 6) is 0.00277. The molecule has 20 heavy (non-hydrogen) atoms. The highest BCUT2D eigenvalue weighted by Gasteiger charge is 2.17. The van der Waals surface area contributed by atoms with Crippen LogP contribution in [0.25, 0.3) is 0 Å². The third kappa shape index (κ3) is 5.31. The number of rotatable bonds is 7. The maximum Gasteiger partial charge on any atom is 0.224 e. The van der Waals surface area contributed by atoms with Crippen molar-refractivity contribution in [1.29, 1.82) is 5.26 Å². The summed E-state index contributed by atoms with van der Waals surface area (Å²) < 4.78 is 0. The SMILES string of the molecule is CNC(=O)Cc1ccccc1NCC(C)(C)CCC#N. The van der Waals surface area contributed by atoms with Gasteiger partial charge in [-0.2, -0.15) is 5.26 Å². The van der Waals surface area contributed by atoms with Gasteiger partial charge in [-0.1, -0.05) is 32.0 Å². The number of para-hydroxylation sites is 1. The number of carbonyl (C=O) groups excluding carboxylic acids is 1. The van der Waals surface area contributed by atoms with Gasteiger partial charge in [-0.25, -0.2) is 0 Å². The molecule has 0 saturated carbocycles. The molecule has 108 valence electrons. The minimum atomic E-state index is 0.00277. The number of amides is 1. The van der Waals surface area contributed by atoms with Crippen molar-refractivity contribution in [2.45, 2.75) is 33.1 Å². The molecule has 0 saturated heterocycles. The Morgan fingerprint density at radius 1 is 1.35 bits per heavy atom. The van der Waals surface area contributed by atoms with E-state index in [9.17, 15) is 4.79 Å². The number of carbonyl (C=O) groups is 1. The van der Waals surface area contributed by atoms with E-state index in [1.54, 1.807) is 7.05 Å². The van der Waals surface area contributed by atoms with Crippen molar-refractivity contribution >= 4 is 11.6 Å². The minimum Gasteiger partial charge on any atom is -0.384 e. The monoisotopic (exact) mass is 273 g/mol. The van der Waals surface area contributed by atoms with Crippen LogP contribution in [0.5, 0.6) is 0 Å². The van der Waals surface area contributed by atoms with Gasteiger partial charge in [-0.3, -0.25) is 4.79 Å². The number of benzene rings is 1. The summed E-state index contributed by atoms with van der Waals surface area (Å²) in [6.45, 7) is 5.05. The highest BCUT2D eigenvalue weighted by Crippen LogP contribution is 2.24. The second-order valence-electron chi connectivity index (χ2n) is 5.68. The first kappa shape index (κ1) is 16.0. The van der Waals surface area contributed by atoms with Gasteiger partial charge in [0.25, 0.3) is 0 Å². The van der Waals surface area contributed by atoms with Crippen molar-refractivity contribution in [3.8, 4) is 6.07 Å². The van der Waals surface area contributed by atoms with Crippen molar-refractivity contribution in [2.75, 3.05) is 18.9 Å². The lowest BCUT2D eigenvalue weighted by Crippen LogP contribution is -2.24.